The number of pyridine rings is 1. The lowest BCUT2D eigenvalue weighted by atomic mass is 10.1. The Kier molecular flexibility index (Phi) is 6.88. The summed E-state index contributed by atoms with van der Waals surface area (Å²) in [7, 11) is 5.74. The molecule has 2 N–H and O–H groups in total. The van der Waals surface area contributed by atoms with Gasteiger partial charge in [-0.15, -0.1) is 0 Å². The molecule has 0 saturated heterocycles. The van der Waals surface area contributed by atoms with Gasteiger partial charge in [0.05, 0.1) is 0 Å². The van der Waals surface area contributed by atoms with Crippen LogP contribution in [0.1, 0.15) is 11.1 Å². The monoisotopic (exact) mass is 345 g/mol. The summed E-state index contributed by atoms with van der Waals surface area (Å²) >= 11 is 5.90. The highest BCUT2D eigenvalue weighted by Crippen LogP contribution is 2.10. The van der Waals surface area contributed by atoms with E-state index in [4.69, 9.17) is 11.6 Å². The van der Waals surface area contributed by atoms with E-state index >= 15 is 0 Å². The Morgan fingerprint density at radius 1 is 1.12 bits per heavy atom. The quantitative estimate of drug-likeness (QED) is 0.624. The van der Waals surface area contributed by atoms with Crippen molar-refractivity contribution in [2.24, 2.45) is 4.99 Å². The number of hydrogen-bond acceptors (Lipinski definition) is 3. The van der Waals surface area contributed by atoms with Crippen molar-refractivity contribution in [3.8, 4) is 0 Å². The van der Waals surface area contributed by atoms with Gasteiger partial charge in [-0.2, -0.15) is 0 Å². The van der Waals surface area contributed by atoms with Crippen molar-refractivity contribution in [3.05, 3.63) is 58.7 Å². The van der Waals surface area contributed by atoms with Crippen molar-refractivity contribution in [2.45, 2.75) is 13.0 Å². The van der Waals surface area contributed by atoms with Crippen molar-refractivity contribution >= 4 is 23.4 Å². The van der Waals surface area contributed by atoms with Gasteiger partial charge >= 0.3 is 0 Å². The summed E-state index contributed by atoms with van der Waals surface area (Å²) in [4.78, 5) is 10.6. The van der Waals surface area contributed by atoms with E-state index < -0.39 is 0 Å². The Hall–Kier alpha value is -2.27. The van der Waals surface area contributed by atoms with Crippen molar-refractivity contribution in [2.75, 3.05) is 32.6 Å². The minimum Gasteiger partial charge on any atom is -0.363 e. The zero-order valence-corrected chi connectivity index (χ0v) is 15.1. The Bertz CT molecular complexity index is 667. The first-order chi connectivity index (χ1) is 11.6. The lowest BCUT2D eigenvalue weighted by Crippen LogP contribution is -2.37. The van der Waals surface area contributed by atoms with Crippen LogP contribution in [0.5, 0.6) is 0 Å². The van der Waals surface area contributed by atoms with Gasteiger partial charge in [-0.25, -0.2) is 4.98 Å². The molecule has 0 bridgehead atoms. The maximum absolute atomic E-state index is 5.90. The van der Waals surface area contributed by atoms with Crippen LogP contribution in [-0.2, 0) is 13.0 Å². The van der Waals surface area contributed by atoms with E-state index in [1.807, 2.05) is 55.5 Å². The van der Waals surface area contributed by atoms with Crippen LogP contribution in [0.25, 0.3) is 0 Å². The number of anilines is 1. The molecule has 0 radical (unpaired) electrons. The fraction of sp³-hybridized carbons (Fsp3) is 0.333. The minimum absolute atomic E-state index is 0.698. The number of halogens is 1. The predicted octanol–water partition coefficient (Wildman–Crippen LogP) is 2.71. The molecular formula is C18H24ClN5. The largest absolute Gasteiger partial charge is 0.363 e. The highest BCUT2D eigenvalue weighted by molar-refractivity contribution is 6.30. The second kappa shape index (κ2) is 9.13. The number of rotatable bonds is 6. The molecule has 5 nitrogen and oxygen atoms in total. The molecule has 1 aromatic carbocycles. The van der Waals surface area contributed by atoms with E-state index in [-0.39, 0.29) is 0 Å². The van der Waals surface area contributed by atoms with Gasteiger partial charge in [-0.05, 0) is 41.8 Å². The average Bonchev–Trinajstić information content (AvgIpc) is 2.59. The third-order valence-corrected chi connectivity index (χ3v) is 3.82. The molecule has 2 rings (SSSR count). The minimum atomic E-state index is 0.698. The number of nitrogens with one attached hydrogen (secondary N) is 2. The average molecular weight is 346 g/mol. The highest BCUT2D eigenvalue weighted by Gasteiger charge is 2.02. The number of benzene rings is 1. The molecule has 0 aliphatic carbocycles. The first kappa shape index (κ1) is 18.1. The topological polar surface area (TPSA) is 52.6 Å². The molecule has 0 saturated carbocycles. The van der Waals surface area contributed by atoms with Gasteiger partial charge < -0.3 is 15.5 Å². The molecule has 2 aromatic rings. The molecule has 24 heavy (non-hydrogen) atoms. The molecule has 128 valence electrons. The fourth-order valence-corrected chi connectivity index (χ4v) is 2.32. The molecule has 6 heteroatoms. The zero-order valence-electron chi connectivity index (χ0n) is 14.4. The van der Waals surface area contributed by atoms with E-state index in [0.717, 1.165) is 35.3 Å². The molecule has 0 spiro atoms. The summed E-state index contributed by atoms with van der Waals surface area (Å²) in [6.45, 7) is 1.50. The Morgan fingerprint density at radius 2 is 1.88 bits per heavy atom. The number of nitrogens with zero attached hydrogens (tertiary/aromatic N) is 3. The predicted molar refractivity (Wildman–Crippen MR) is 102 cm³/mol. The second-order valence-corrected chi connectivity index (χ2v) is 6.08. The van der Waals surface area contributed by atoms with E-state index in [1.54, 1.807) is 7.05 Å². The summed E-state index contributed by atoms with van der Waals surface area (Å²) < 4.78 is 0. The summed E-state index contributed by atoms with van der Waals surface area (Å²) in [5.41, 5.74) is 2.40. The van der Waals surface area contributed by atoms with Crippen LogP contribution < -0.4 is 15.5 Å². The Balaban J connectivity index is 1.80. The molecule has 0 fully saturated rings. The molecule has 1 aromatic heterocycles. The third-order valence-electron chi connectivity index (χ3n) is 3.57. The van der Waals surface area contributed by atoms with Gasteiger partial charge in [0, 0.05) is 45.5 Å². The van der Waals surface area contributed by atoms with Gasteiger partial charge in [0.2, 0.25) is 0 Å². The van der Waals surface area contributed by atoms with Gasteiger partial charge in [-0.1, -0.05) is 23.7 Å². The normalized spacial score (nSPS) is 11.2. The molecule has 0 amide bonds. The second-order valence-electron chi connectivity index (χ2n) is 5.65. The smallest absolute Gasteiger partial charge is 0.191 e. The van der Waals surface area contributed by atoms with E-state index in [1.165, 1.54) is 5.56 Å². The Labute approximate surface area is 148 Å². The van der Waals surface area contributed by atoms with Crippen molar-refractivity contribution < 1.29 is 0 Å². The van der Waals surface area contributed by atoms with Crippen molar-refractivity contribution in [3.63, 3.8) is 0 Å². The van der Waals surface area contributed by atoms with Crippen LogP contribution in [0.4, 0.5) is 5.82 Å². The van der Waals surface area contributed by atoms with E-state index in [0.29, 0.717) is 6.54 Å². The fourth-order valence-electron chi connectivity index (χ4n) is 2.20. The van der Waals surface area contributed by atoms with Crippen LogP contribution in [0.3, 0.4) is 0 Å². The summed E-state index contributed by atoms with van der Waals surface area (Å²) in [6.07, 6.45) is 2.74. The molecular weight excluding hydrogens is 322 g/mol. The molecule has 0 aliphatic heterocycles. The summed E-state index contributed by atoms with van der Waals surface area (Å²) in [6, 6.07) is 12.0. The first-order valence-corrected chi connectivity index (χ1v) is 8.27. The van der Waals surface area contributed by atoms with Gasteiger partial charge in [0.1, 0.15) is 5.82 Å². The lowest BCUT2D eigenvalue weighted by Gasteiger charge is -2.14. The molecule has 0 atom stereocenters. The highest BCUT2D eigenvalue weighted by atomic mass is 35.5. The third kappa shape index (κ3) is 5.74. The van der Waals surface area contributed by atoms with Crippen molar-refractivity contribution in [1.82, 2.24) is 15.6 Å². The summed E-state index contributed by atoms with van der Waals surface area (Å²) in [5, 5.41) is 7.40. The van der Waals surface area contributed by atoms with Gasteiger partial charge in [0.25, 0.3) is 0 Å². The van der Waals surface area contributed by atoms with Crippen LogP contribution in [0.2, 0.25) is 5.02 Å². The SMILES string of the molecule is CN=C(NCCc1ccc(Cl)cc1)NCc1ccnc(N(C)C)c1. The lowest BCUT2D eigenvalue weighted by molar-refractivity contribution is 0.793. The van der Waals surface area contributed by atoms with Crippen LogP contribution in [0.15, 0.2) is 47.6 Å². The maximum Gasteiger partial charge on any atom is 0.191 e. The first-order valence-electron chi connectivity index (χ1n) is 7.89. The van der Waals surface area contributed by atoms with Crippen LogP contribution in [-0.4, -0.2) is 38.6 Å². The number of guanidine groups is 1. The van der Waals surface area contributed by atoms with Crippen LogP contribution in [0, 0.1) is 0 Å². The number of aliphatic imine (C=N–C) groups is 1. The van der Waals surface area contributed by atoms with Gasteiger partial charge in [0.15, 0.2) is 5.96 Å². The standard InChI is InChI=1S/C18H24ClN5/c1-20-18(22-11-8-14-4-6-16(19)7-5-14)23-13-15-9-10-21-17(12-15)24(2)3/h4-7,9-10,12H,8,11,13H2,1-3H3,(H2,20,22,23). The summed E-state index contributed by atoms with van der Waals surface area (Å²) in [5.74, 6) is 1.73. The van der Waals surface area contributed by atoms with E-state index in [9.17, 15) is 0 Å². The van der Waals surface area contributed by atoms with Crippen LogP contribution >= 0.6 is 11.6 Å². The maximum atomic E-state index is 5.90. The number of hydrogen-bond donors (Lipinski definition) is 2. The zero-order chi connectivity index (χ0) is 17.4. The van der Waals surface area contributed by atoms with Gasteiger partial charge in [-0.3, -0.25) is 4.99 Å². The molecule has 0 aliphatic rings. The molecule has 0 unspecified atom stereocenters. The van der Waals surface area contributed by atoms with E-state index in [2.05, 4.69) is 26.7 Å². The van der Waals surface area contributed by atoms with Crippen molar-refractivity contribution in [1.29, 1.82) is 0 Å². The number of aromatic nitrogens is 1. The Morgan fingerprint density at radius 3 is 2.54 bits per heavy atom. The molecule has 1 heterocycles.